The van der Waals surface area contributed by atoms with Crippen LogP contribution in [0.2, 0.25) is 0 Å². The normalized spacial score (nSPS) is 34.5. The fourth-order valence-corrected chi connectivity index (χ4v) is 2.51. The molecule has 0 aromatic heterocycles. The zero-order chi connectivity index (χ0) is 9.84. The number of rotatable bonds is 3. The van der Waals surface area contributed by atoms with Gasteiger partial charge >= 0.3 is 5.97 Å². The Morgan fingerprint density at radius 1 is 1.31 bits per heavy atom. The van der Waals surface area contributed by atoms with Crippen LogP contribution in [-0.4, -0.2) is 11.1 Å². The van der Waals surface area contributed by atoms with Gasteiger partial charge < -0.3 is 5.11 Å². The fourth-order valence-electron chi connectivity index (χ4n) is 2.51. The van der Waals surface area contributed by atoms with E-state index in [2.05, 4.69) is 13.8 Å². The van der Waals surface area contributed by atoms with E-state index in [1.54, 1.807) is 0 Å². The Hall–Kier alpha value is -0.530. The summed E-state index contributed by atoms with van der Waals surface area (Å²) < 4.78 is 0. The second kappa shape index (κ2) is 4.64. The maximum Gasteiger partial charge on any atom is 0.306 e. The number of carbonyl (C=O) groups is 1. The lowest BCUT2D eigenvalue weighted by Crippen LogP contribution is -2.30. The highest BCUT2D eigenvalue weighted by atomic mass is 16.4. The number of carboxylic acids is 1. The van der Waals surface area contributed by atoms with Crippen LogP contribution in [0.1, 0.15) is 46.0 Å². The molecule has 3 unspecified atom stereocenters. The molecule has 3 atom stereocenters. The molecule has 0 saturated heterocycles. The Morgan fingerprint density at radius 2 is 2.00 bits per heavy atom. The van der Waals surface area contributed by atoms with Gasteiger partial charge in [0.05, 0.1) is 5.92 Å². The van der Waals surface area contributed by atoms with Crippen LogP contribution in [0.3, 0.4) is 0 Å². The molecule has 0 radical (unpaired) electrons. The molecule has 1 saturated carbocycles. The van der Waals surface area contributed by atoms with E-state index in [1.807, 2.05) is 0 Å². The van der Waals surface area contributed by atoms with Gasteiger partial charge in [-0.15, -0.1) is 0 Å². The predicted octanol–water partition coefficient (Wildman–Crippen LogP) is 2.92. The summed E-state index contributed by atoms with van der Waals surface area (Å²) in [7, 11) is 0. The molecule has 13 heavy (non-hydrogen) atoms. The predicted molar refractivity (Wildman–Crippen MR) is 52.5 cm³/mol. The van der Waals surface area contributed by atoms with Crippen LogP contribution in [0.15, 0.2) is 0 Å². The van der Waals surface area contributed by atoms with Crippen LogP contribution in [0.4, 0.5) is 0 Å². The number of hydrogen-bond donors (Lipinski definition) is 1. The number of carboxylic acid groups (broad SMARTS) is 1. The summed E-state index contributed by atoms with van der Waals surface area (Å²) in [4.78, 5) is 10.9. The number of hydrogen-bond acceptors (Lipinski definition) is 1. The van der Waals surface area contributed by atoms with Gasteiger partial charge in [0, 0.05) is 0 Å². The van der Waals surface area contributed by atoms with Crippen LogP contribution in [0.25, 0.3) is 0 Å². The molecule has 2 heteroatoms. The first-order chi connectivity index (χ1) is 6.19. The van der Waals surface area contributed by atoms with Gasteiger partial charge in [0.25, 0.3) is 0 Å². The molecule has 0 aliphatic heterocycles. The molecule has 1 rings (SSSR count). The molecule has 0 aromatic carbocycles. The molecular formula is C11H20O2. The van der Waals surface area contributed by atoms with Gasteiger partial charge in [-0.2, -0.15) is 0 Å². The maximum atomic E-state index is 10.9. The quantitative estimate of drug-likeness (QED) is 0.732. The van der Waals surface area contributed by atoms with E-state index in [9.17, 15) is 4.79 Å². The zero-order valence-corrected chi connectivity index (χ0v) is 8.62. The van der Waals surface area contributed by atoms with Crippen molar-refractivity contribution in [3.63, 3.8) is 0 Å². The first-order valence-electron chi connectivity index (χ1n) is 5.41. The molecule has 1 N–H and O–H groups in total. The highest BCUT2D eigenvalue weighted by molar-refractivity contribution is 5.70. The van der Waals surface area contributed by atoms with Gasteiger partial charge in [0.2, 0.25) is 0 Å². The summed E-state index contributed by atoms with van der Waals surface area (Å²) in [6.45, 7) is 4.32. The maximum absolute atomic E-state index is 10.9. The van der Waals surface area contributed by atoms with Crippen molar-refractivity contribution >= 4 is 5.97 Å². The molecule has 0 bridgehead atoms. The van der Waals surface area contributed by atoms with Crippen molar-refractivity contribution < 1.29 is 9.90 Å². The van der Waals surface area contributed by atoms with Crippen LogP contribution in [-0.2, 0) is 4.79 Å². The highest BCUT2D eigenvalue weighted by Gasteiger charge is 2.32. The average molecular weight is 184 g/mol. The summed E-state index contributed by atoms with van der Waals surface area (Å²) in [6, 6.07) is 0. The van der Waals surface area contributed by atoms with Crippen LogP contribution in [0, 0.1) is 17.8 Å². The van der Waals surface area contributed by atoms with Gasteiger partial charge in [-0.1, -0.05) is 26.7 Å². The average Bonchev–Trinajstić information content (AvgIpc) is 2.16. The van der Waals surface area contributed by atoms with Crippen molar-refractivity contribution in [1.29, 1.82) is 0 Å². The van der Waals surface area contributed by atoms with E-state index in [4.69, 9.17) is 5.11 Å². The zero-order valence-electron chi connectivity index (χ0n) is 8.62. The van der Waals surface area contributed by atoms with Crippen LogP contribution in [0.5, 0.6) is 0 Å². The molecule has 1 fully saturated rings. The standard InChI is InChI=1S/C11H20O2/c1-3-8-5-6-10(11(12)13)9(4-2)7-8/h8-10H,3-7H2,1-2H3,(H,12,13). The third-order valence-corrected chi connectivity index (χ3v) is 3.51. The fraction of sp³-hybridized carbons (Fsp3) is 0.909. The minimum Gasteiger partial charge on any atom is -0.481 e. The molecule has 0 aromatic rings. The monoisotopic (exact) mass is 184 g/mol. The minimum atomic E-state index is -0.582. The lowest BCUT2D eigenvalue weighted by Gasteiger charge is -2.32. The van der Waals surface area contributed by atoms with Gasteiger partial charge in [-0.3, -0.25) is 4.79 Å². The Balaban J connectivity index is 2.55. The summed E-state index contributed by atoms with van der Waals surface area (Å²) in [5.74, 6) is 0.561. The van der Waals surface area contributed by atoms with Crippen molar-refractivity contribution in [2.75, 3.05) is 0 Å². The van der Waals surface area contributed by atoms with E-state index in [0.29, 0.717) is 5.92 Å². The van der Waals surface area contributed by atoms with E-state index >= 15 is 0 Å². The Bertz CT molecular complexity index is 177. The lowest BCUT2D eigenvalue weighted by atomic mass is 9.72. The minimum absolute atomic E-state index is 0.0622. The van der Waals surface area contributed by atoms with Gasteiger partial charge in [0.15, 0.2) is 0 Å². The molecule has 0 heterocycles. The summed E-state index contributed by atoms with van der Waals surface area (Å²) in [6.07, 6.45) is 5.37. The van der Waals surface area contributed by atoms with E-state index in [0.717, 1.165) is 31.6 Å². The Morgan fingerprint density at radius 3 is 2.46 bits per heavy atom. The first kappa shape index (κ1) is 10.6. The summed E-state index contributed by atoms with van der Waals surface area (Å²) in [5, 5.41) is 9.00. The largest absolute Gasteiger partial charge is 0.481 e. The SMILES string of the molecule is CCC1CCC(C(=O)O)C(CC)C1. The van der Waals surface area contributed by atoms with Gasteiger partial charge in [-0.05, 0) is 31.1 Å². The van der Waals surface area contributed by atoms with E-state index in [-0.39, 0.29) is 5.92 Å². The molecule has 0 spiro atoms. The molecule has 2 nitrogen and oxygen atoms in total. The Labute approximate surface area is 80.3 Å². The molecule has 1 aliphatic rings. The van der Waals surface area contributed by atoms with E-state index in [1.165, 1.54) is 6.42 Å². The van der Waals surface area contributed by atoms with Crippen molar-refractivity contribution in [2.45, 2.75) is 46.0 Å². The molecular weight excluding hydrogens is 164 g/mol. The van der Waals surface area contributed by atoms with Gasteiger partial charge in [0.1, 0.15) is 0 Å². The third-order valence-electron chi connectivity index (χ3n) is 3.51. The van der Waals surface area contributed by atoms with Gasteiger partial charge in [-0.25, -0.2) is 0 Å². The second-order valence-electron chi connectivity index (χ2n) is 4.20. The topological polar surface area (TPSA) is 37.3 Å². The van der Waals surface area contributed by atoms with E-state index < -0.39 is 5.97 Å². The van der Waals surface area contributed by atoms with Crippen molar-refractivity contribution in [3.05, 3.63) is 0 Å². The highest BCUT2D eigenvalue weighted by Crippen LogP contribution is 2.37. The lowest BCUT2D eigenvalue weighted by molar-refractivity contribution is -0.145. The van der Waals surface area contributed by atoms with Crippen molar-refractivity contribution in [2.24, 2.45) is 17.8 Å². The summed E-state index contributed by atoms with van der Waals surface area (Å²) in [5.41, 5.74) is 0. The first-order valence-corrected chi connectivity index (χ1v) is 5.41. The molecule has 1 aliphatic carbocycles. The number of aliphatic carboxylic acids is 1. The second-order valence-corrected chi connectivity index (χ2v) is 4.20. The summed E-state index contributed by atoms with van der Waals surface area (Å²) >= 11 is 0. The van der Waals surface area contributed by atoms with Crippen LogP contribution >= 0.6 is 0 Å². The smallest absolute Gasteiger partial charge is 0.306 e. The van der Waals surface area contributed by atoms with Crippen LogP contribution < -0.4 is 0 Å². The van der Waals surface area contributed by atoms with Crippen molar-refractivity contribution in [1.82, 2.24) is 0 Å². The van der Waals surface area contributed by atoms with Crippen molar-refractivity contribution in [3.8, 4) is 0 Å². The molecule has 0 amide bonds. The Kier molecular flexibility index (Phi) is 3.76. The third kappa shape index (κ3) is 2.45. The molecule has 76 valence electrons.